The summed E-state index contributed by atoms with van der Waals surface area (Å²) in [6.45, 7) is 2.04. The second kappa shape index (κ2) is 0.968. The van der Waals surface area contributed by atoms with Gasteiger partial charge in [-0.3, -0.25) is 0 Å². The first kappa shape index (κ1) is 4.73. The average molecular weight is 124 g/mol. The predicted molar refractivity (Wildman–Crippen MR) is 33.8 cm³/mol. The van der Waals surface area contributed by atoms with Crippen LogP contribution in [-0.4, -0.2) is 10.7 Å². The SMILES string of the molecule is CC1(O)C2CC3C(C2)C31. The van der Waals surface area contributed by atoms with E-state index in [1.807, 2.05) is 6.92 Å². The van der Waals surface area contributed by atoms with Crippen molar-refractivity contribution in [1.82, 2.24) is 0 Å². The molecule has 0 aliphatic heterocycles. The Hall–Kier alpha value is -0.0400. The summed E-state index contributed by atoms with van der Waals surface area (Å²) in [5.74, 6) is 3.30. The molecular formula is C8H12O. The van der Waals surface area contributed by atoms with Crippen LogP contribution in [-0.2, 0) is 0 Å². The third-order valence-electron chi connectivity index (χ3n) is 3.95. The van der Waals surface area contributed by atoms with Gasteiger partial charge in [-0.2, -0.15) is 0 Å². The quantitative estimate of drug-likeness (QED) is 0.511. The molecule has 4 fully saturated rings. The third-order valence-corrected chi connectivity index (χ3v) is 3.95. The second-order valence-electron chi connectivity index (χ2n) is 4.25. The lowest BCUT2D eigenvalue weighted by molar-refractivity contribution is 0.0213. The molecule has 0 heterocycles. The van der Waals surface area contributed by atoms with Crippen molar-refractivity contribution in [2.45, 2.75) is 25.4 Å². The third kappa shape index (κ3) is 0.315. The summed E-state index contributed by atoms with van der Waals surface area (Å²) in [5, 5.41) is 9.81. The Morgan fingerprint density at radius 2 is 1.89 bits per heavy atom. The minimum atomic E-state index is -0.241. The zero-order valence-electron chi connectivity index (χ0n) is 5.67. The van der Waals surface area contributed by atoms with E-state index in [4.69, 9.17) is 0 Å². The summed E-state index contributed by atoms with van der Waals surface area (Å²) in [5.41, 5.74) is -0.241. The molecule has 0 amide bonds. The first-order chi connectivity index (χ1) is 4.21. The van der Waals surface area contributed by atoms with Crippen molar-refractivity contribution in [1.29, 1.82) is 0 Å². The Bertz CT molecular complexity index is 157. The Kier molecular flexibility index (Phi) is 0.508. The van der Waals surface area contributed by atoms with E-state index in [1.165, 1.54) is 12.8 Å². The van der Waals surface area contributed by atoms with Gasteiger partial charge < -0.3 is 5.11 Å². The maximum Gasteiger partial charge on any atom is 0.0681 e. The van der Waals surface area contributed by atoms with Crippen LogP contribution in [0.3, 0.4) is 0 Å². The Balaban J connectivity index is 2.12. The molecule has 4 aliphatic rings. The zero-order valence-corrected chi connectivity index (χ0v) is 5.67. The summed E-state index contributed by atoms with van der Waals surface area (Å²) in [6.07, 6.45) is 2.67. The van der Waals surface area contributed by atoms with Crippen LogP contribution >= 0.6 is 0 Å². The van der Waals surface area contributed by atoms with E-state index in [1.54, 1.807) is 0 Å². The Labute approximate surface area is 55.1 Å². The molecule has 0 aromatic rings. The van der Waals surface area contributed by atoms with Gasteiger partial charge in [0, 0.05) is 0 Å². The molecule has 1 nitrogen and oxygen atoms in total. The molecule has 3 unspecified atom stereocenters. The first-order valence-electron chi connectivity index (χ1n) is 3.93. The molecule has 4 aliphatic carbocycles. The van der Waals surface area contributed by atoms with Crippen molar-refractivity contribution < 1.29 is 5.11 Å². The van der Waals surface area contributed by atoms with Crippen LogP contribution in [0.2, 0.25) is 0 Å². The van der Waals surface area contributed by atoms with E-state index in [0.29, 0.717) is 5.92 Å². The van der Waals surface area contributed by atoms with E-state index < -0.39 is 0 Å². The van der Waals surface area contributed by atoms with Gasteiger partial charge in [-0.05, 0) is 43.4 Å². The highest BCUT2D eigenvalue weighted by molar-refractivity contribution is 5.22. The molecule has 4 saturated carbocycles. The monoisotopic (exact) mass is 124 g/mol. The van der Waals surface area contributed by atoms with Gasteiger partial charge in [0.1, 0.15) is 0 Å². The fraction of sp³-hybridized carbons (Fsp3) is 1.00. The van der Waals surface area contributed by atoms with Gasteiger partial charge in [-0.1, -0.05) is 0 Å². The molecule has 0 spiro atoms. The van der Waals surface area contributed by atoms with Gasteiger partial charge in [0.15, 0.2) is 0 Å². The fourth-order valence-electron chi connectivity index (χ4n) is 3.46. The molecule has 9 heavy (non-hydrogen) atoms. The number of aliphatic hydroxyl groups is 1. The minimum Gasteiger partial charge on any atom is -0.390 e. The van der Waals surface area contributed by atoms with Gasteiger partial charge in [0.05, 0.1) is 5.60 Å². The van der Waals surface area contributed by atoms with Crippen molar-refractivity contribution in [3.05, 3.63) is 0 Å². The average Bonchev–Trinajstić information content (AvgIpc) is 2.17. The Morgan fingerprint density at radius 1 is 1.33 bits per heavy atom. The van der Waals surface area contributed by atoms with Crippen LogP contribution in [0.15, 0.2) is 0 Å². The van der Waals surface area contributed by atoms with Crippen LogP contribution in [0.1, 0.15) is 19.8 Å². The number of hydrogen-bond acceptors (Lipinski definition) is 1. The van der Waals surface area contributed by atoms with E-state index >= 15 is 0 Å². The molecule has 0 aromatic heterocycles. The first-order valence-corrected chi connectivity index (χ1v) is 3.93. The van der Waals surface area contributed by atoms with Gasteiger partial charge in [0.2, 0.25) is 0 Å². The molecule has 3 atom stereocenters. The van der Waals surface area contributed by atoms with E-state index in [-0.39, 0.29) is 5.60 Å². The standard InChI is InChI=1S/C8H12O/c1-8(9)4-2-5-6(3-4)7(5)8/h4-7,9H,2-3H2,1H3. The van der Waals surface area contributed by atoms with Crippen LogP contribution in [0, 0.1) is 23.7 Å². The van der Waals surface area contributed by atoms with Gasteiger partial charge in [-0.15, -0.1) is 0 Å². The van der Waals surface area contributed by atoms with Gasteiger partial charge >= 0.3 is 0 Å². The fourth-order valence-corrected chi connectivity index (χ4v) is 3.46. The van der Waals surface area contributed by atoms with Crippen molar-refractivity contribution in [3.8, 4) is 0 Å². The molecule has 0 aromatic carbocycles. The summed E-state index contributed by atoms with van der Waals surface area (Å²) >= 11 is 0. The largest absolute Gasteiger partial charge is 0.390 e. The highest BCUT2D eigenvalue weighted by atomic mass is 16.3. The van der Waals surface area contributed by atoms with Crippen LogP contribution in [0.25, 0.3) is 0 Å². The van der Waals surface area contributed by atoms with Crippen molar-refractivity contribution in [2.75, 3.05) is 0 Å². The second-order valence-corrected chi connectivity index (χ2v) is 4.25. The zero-order chi connectivity index (χ0) is 6.22. The van der Waals surface area contributed by atoms with Crippen LogP contribution < -0.4 is 0 Å². The molecule has 1 N–H and O–H groups in total. The molecule has 4 bridgehead atoms. The normalized spacial score (nSPS) is 75.3. The van der Waals surface area contributed by atoms with Crippen molar-refractivity contribution in [3.63, 3.8) is 0 Å². The van der Waals surface area contributed by atoms with Crippen molar-refractivity contribution >= 4 is 0 Å². The number of hydrogen-bond donors (Lipinski definition) is 1. The smallest absolute Gasteiger partial charge is 0.0681 e. The lowest BCUT2D eigenvalue weighted by atomic mass is 9.95. The number of rotatable bonds is 0. The summed E-state index contributed by atoms with van der Waals surface area (Å²) in [6, 6.07) is 0. The predicted octanol–water partition coefficient (Wildman–Crippen LogP) is 1.02. The molecule has 1 heteroatoms. The Morgan fingerprint density at radius 3 is 2.00 bits per heavy atom. The van der Waals surface area contributed by atoms with E-state index in [9.17, 15) is 5.11 Å². The van der Waals surface area contributed by atoms with Crippen molar-refractivity contribution in [2.24, 2.45) is 23.7 Å². The minimum absolute atomic E-state index is 0.241. The maximum absolute atomic E-state index is 9.81. The summed E-state index contributed by atoms with van der Waals surface area (Å²) in [4.78, 5) is 0. The molecule has 50 valence electrons. The van der Waals surface area contributed by atoms with Crippen LogP contribution in [0.5, 0.6) is 0 Å². The summed E-state index contributed by atoms with van der Waals surface area (Å²) in [7, 11) is 0. The molecule has 0 radical (unpaired) electrons. The van der Waals surface area contributed by atoms with Gasteiger partial charge in [-0.25, -0.2) is 0 Å². The maximum atomic E-state index is 9.81. The highest BCUT2D eigenvalue weighted by Crippen LogP contribution is 2.74. The van der Waals surface area contributed by atoms with Gasteiger partial charge in [0.25, 0.3) is 0 Å². The summed E-state index contributed by atoms with van der Waals surface area (Å²) < 4.78 is 0. The lowest BCUT2D eigenvalue weighted by Crippen LogP contribution is -2.28. The molecule has 0 saturated heterocycles. The van der Waals surface area contributed by atoms with E-state index in [0.717, 1.165) is 17.8 Å². The molecule has 4 rings (SSSR count). The van der Waals surface area contributed by atoms with Crippen LogP contribution in [0.4, 0.5) is 0 Å². The van der Waals surface area contributed by atoms with E-state index in [2.05, 4.69) is 0 Å². The molecular weight excluding hydrogens is 112 g/mol. The topological polar surface area (TPSA) is 20.2 Å². The lowest BCUT2D eigenvalue weighted by Gasteiger charge is -2.20. The highest BCUT2D eigenvalue weighted by Gasteiger charge is 2.73.